The highest BCUT2D eigenvalue weighted by Gasteiger charge is 2.11. The third-order valence-electron chi connectivity index (χ3n) is 3.69. The van der Waals surface area contributed by atoms with Crippen LogP contribution in [0.3, 0.4) is 0 Å². The van der Waals surface area contributed by atoms with Gasteiger partial charge in [0.05, 0.1) is 0 Å². The van der Waals surface area contributed by atoms with Gasteiger partial charge in [0, 0.05) is 38.3 Å². The first-order valence-corrected chi connectivity index (χ1v) is 7.15. The number of para-hydroxylation sites is 1. The van der Waals surface area contributed by atoms with Gasteiger partial charge >= 0.3 is 0 Å². The number of nitrogens with zero attached hydrogens (tertiary/aromatic N) is 1. The number of benzene rings is 1. The van der Waals surface area contributed by atoms with Crippen molar-refractivity contribution in [3.05, 3.63) is 41.5 Å². The summed E-state index contributed by atoms with van der Waals surface area (Å²) >= 11 is 0. The van der Waals surface area contributed by atoms with Crippen molar-refractivity contribution in [1.29, 1.82) is 0 Å². The molecule has 0 atom stereocenters. The monoisotopic (exact) mass is 273 g/mol. The minimum absolute atomic E-state index is 0.0529. The van der Waals surface area contributed by atoms with Crippen LogP contribution in [0.25, 0.3) is 0 Å². The van der Waals surface area contributed by atoms with Crippen LogP contribution in [0.15, 0.2) is 35.9 Å². The van der Waals surface area contributed by atoms with Gasteiger partial charge in [0.2, 0.25) is 5.91 Å². The molecule has 0 fully saturated rings. The number of nitrogens with one attached hydrogen (secondary N) is 1. The zero-order valence-corrected chi connectivity index (χ0v) is 12.1. The fourth-order valence-corrected chi connectivity index (χ4v) is 2.31. The molecule has 20 heavy (non-hydrogen) atoms. The molecular weight excluding hydrogens is 250 g/mol. The number of carbonyl (C=O) groups excluding carboxylic acids is 1. The maximum absolute atomic E-state index is 12.0. The summed E-state index contributed by atoms with van der Waals surface area (Å²) < 4.78 is 0. The standard InChI is InChI=1S/C16H23N3O/c1-13-6-9-19(10-7-13)11-8-16(20)18-15-5-3-2-4-14(15)12-17/h2-6H,7-12,17H2,1H3,(H,18,20). The van der Waals surface area contributed by atoms with Crippen LogP contribution in [-0.4, -0.2) is 30.4 Å². The molecule has 0 aromatic heterocycles. The maximum atomic E-state index is 12.0. The number of rotatable bonds is 5. The second-order valence-electron chi connectivity index (χ2n) is 5.26. The maximum Gasteiger partial charge on any atom is 0.225 e. The van der Waals surface area contributed by atoms with Gasteiger partial charge in [0.1, 0.15) is 0 Å². The van der Waals surface area contributed by atoms with Gasteiger partial charge < -0.3 is 11.1 Å². The Kier molecular flexibility index (Phi) is 5.32. The van der Waals surface area contributed by atoms with Crippen molar-refractivity contribution in [2.24, 2.45) is 5.73 Å². The fourth-order valence-electron chi connectivity index (χ4n) is 2.31. The molecule has 0 spiro atoms. The SMILES string of the molecule is CC1=CCN(CCC(=O)Nc2ccccc2CN)CC1. The van der Waals surface area contributed by atoms with Gasteiger partial charge in [-0.15, -0.1) is 0 Å². The van der Waals surface area contributed by atoms with Gasteiger partial charge in [-0.25, -0.2) is 0 Å². The van der Waals surface area contributed by atoms with Crippen molar-refractivity contribution >= 4 is 11.6 Å². The minimum atomic E-state index is 0.0529. The molecule has 2 rings (SSSR count). The molecule has 1 aliphatic heterocycles. The lowest BCUT2D eigenvalue weighted by Gasteiger charge is -2.24. The Labute approximate surface area is 120 Å². The normalized spacial score (nSPS) is 15.8. The number of nitrogens with two attached hydrogens (primary N) is 1. The minimum Gasteiger partial charge on any atom is -0.326 e. The Bertz CT molecular complexity index is 496. The Balaban J connectivity index is 1.81. The van der Waals surface area contributed by atoms with E-state index in [-0.39, 0.29) is 5.91 Å². The number of anilines is 1. The van der Waals surface area contributed by atoms with Crippen LogP contribution >= 0.6 is 0 Å². The lowest BCUT2D eigenvalue weighted by atomic mass is 10.1. The molecule has 0 radical (unpaired) electrons. The van der Waals surface area contributed by atoms with Crippen LogP contribution in [0.5, 0.6) is 0 Å². The Morgan fingerprint density at radius 1 is 1.40 bits per heavy atom. The van der Waals surface area contributed by atoms with Crippen molar-refractivity contribution in [2.75, 3.05) is 25.0 Å². The molecule has 1 aromatic carbocycles. The van der Waals surface area contributed by atoms with Crippen molar-refractivity contribution in [3.63, 3.8) is 0 Å². The Morgan fingerprint density at radius 3 is 2.90 bits per heavy atom. The average molecular weight is 273 g/mol. The molecule has 0 aliphatic carbocycles. The van der Waals surface area contributed by atoms with E-state index >= 15 is 0 Å². The van der Waals surface area contributed by atoms with Crippen LogP contribution in [0, 0.1) is 0 Å². The molecule has 0 saturated heterocycles. The van der Waals surface area contributed by atoms with E-state index in [4.69, 9.17) is 5.73 Å². The molecule has 4 heteroatoms. The summed E-state index contributed by atoms with van der Waals surface area (Å²) in [6.07, 6.45) is 3.87. The zero-order chi connectivity index (χ0) is 14.4. The number of hydrogen-bond donors (Lipinski definition) is 2. The second-order valence-corrected chi connectivity index (χ2v) is 5.26. The summed E-state index contributed by atoms with van der Waals surface area (Å²) in [6.45, 7) is 5.41. The van der Waals surface area contributed by atoms with Crippen LogP contribution in [0.1, 0.15) is 25.3 Å². The van der Waals surface area contributed by atoms with E-state index in [2.05, 4.69) is 23.2 Å². The lowest BCUT2D eigenvalue weighted by Crippen LogP contribution is -2.31. The summed E-state index contributed by atoms with van der Waals surface area (Å²) in [7, 11) is 0. The van der Waals surface area contributed by atoms with Crippen molar-refractivity contribution in [3.8, 4) is 0 Å². The third-order valence-corrected chi connectivity index (χ3v) is 3.69. The van der Waals surface area contributed by atoms with Crippen LogP contribution < -0.4 is 11.1 Å². The molecule has 1 aliphatic rings. The Hall–Kier alpha value is -1.65. The van der Waals surface area contributed by atoms with Crippen molar-refractivity contribution in [1.82, 2.24) is 4.90 Å². The topological polar surface area (TPSA) is 58.4 Å². The van der Waals surface area contributed by atoms with Gasteiger partial charge in [-0.05, 0) is 25.0 Å². The van der Waals surface area contributed by atoms with E-state index in [0.29, 0.717) is 13.0 Å². The molecule has 0 bridgehead atoms. The van der Waals surface area contributed by atoms with E-state index in [1.165, 1.54) is 5.57 Å². The van der Waals surface area contributed by atoms with Gasteiger partial charge in [-0.3, -0.25) is 9.69 Å². The number of amides is 1. The van der Waals surface area contributed by atoms with Gasteiger partial charge in [0.15, 0.2) is 0 Å². The van der Waals surface area contributed by atoms with E-state index in [1.807, 2.05) is 24.3 Å². The summed E-state index contributed by atoms with van der Waals surface area (Å²) in [6, 6.07) is 7.67. The number of hydrogen-bond acceptors (Lipinski definition) is 3. The van der Waals surface area contributed by atoms with Crippen LogP contribution in [0.2, 0.25) is 0 Å². The molecule has 4 nitrogen and oxygen atoms in total. The summed E-state index contributed by atoms with van der Waals surface area (Å²) in [5, 5.41) is 2.95. The summed E-state index contributed by atoms with van der Waals surface area (Å²) in [5.41, 5.74) is 8.91. The highest BCUT2D eigenvalue weighted by molar-refractivity contribution is 5.91. The molecular formula is C16H23N3O. The first kappa shape index (κ1) is 14.8. The molecule has 1 amide bonds. The smallest absolute Gasteiger partial charge is 0.225 e. The Morgan fingerprint density at radius 2 is 2.20 bits per heavy atom. The zero-order valence-electron chi connectivity index (χ0n) is 12.1. The summed E-state index contributed by atoms with van der Waals surface area (Å²) in [5.74, 6) is 0.0529. The first-order chi connectivity index (χ1) is 9.69. The van der Waals surface area contributed by atoms with E-state index < -0.39 is 0 Å². The predicted molar refractivity (Wildman–Crippen MR) is 82.4 cm³/mol. The van der Waals surface area contributed by atoms with Crippen molar-refractivity contribution in [2.45, 2.75) is 26.3 Å². The molecule has 1 aromatic rings. The van der Waals surface area contributed by atoms with Crippen molar-refractivity contribution < 1.29 is 4.79 Å². The fraction of sp³-hybridized carbons (Fsp3) is 0.438. The molecule has 0 saturated carbocycles. The molecule has 3 N–H and O–H groups in total. The molecule has 1 heterocycles. The first-order valence-electron chi connectivity index (χ1n) is 7.15. The summed E-state index contributed by atoms with van der Waals surface area (Å²) in [4.78, 5) is 14.3. The lowest BCUT2D eigenvalue weighted by molar-refractivity contribution is -0.116. The van der Waals surface area contributed by atoms with E-state index in [0.717, 1.165) is 37.3 Å². The number of carbonyl (C=O) groups is 1. The second kappa shape index (κ2) is 7.22. The van der Waals surface area contributed by atoms with Crippen LogP contribution in [0.4, 0.5) is 5.69 Å². The predicted octanol–water partition coefficient (Wildman–Crippen LogP) is 2.13. The van der Waals surface area contributed by atoms with E-state index in [1.54, 1.807) is 0 Å². The van der Waals surface area contributed by atoms with E-state index in [9.17, 15) is 4.79 Å². The third kappa shape index (κ3) is 4.18. The quantitative estimate of drug-likeness (QED) is 0.808. The average Bonchev–Trinajstić information content (AvgIpc) is 2.47. The molecule has 0 unspecified atom stereocenters. The van der Waals surface area contributed by atoms with Gasteiger partial charge in [-0.1, -0.05) is 29.8 Å². The highest BCUT2D eigenvalue weighted by atomic mass is 16.1. The highest BCUT2D eigenvalue weighted by Crippen LogP contribution is 2.15. The van der Waals surface area contributed by atoms with Gasteiger partial charge in [0.25, 0.3) is 0 Å². The van der Waals surface area contributed by atoms with Gasteiger partial charge in [-0.2, -0.15) is 0 Å². The molecule has 108 valence electrons. The largest absolute Gasteiger partial charge is 0.326 e. The van der Waals surface area contributed by atoms with Crippen LogP contribution in [-0.2, 0) is 11.3 Å².